The van der Waals surface area contributed by atoms with Gasteiger partial charge in [0.05, 0.1) is 37.6 Å². The molecule has 1 aliphatic heterocycles. The van der Waals surface area contributed by atoms with Crippen LogP contribution in [0.5, 0.6) is 0 Å². The van der Waals surface area contributed by atoms with E-state index in [-0.39, 0.29) is 34.7 Å². The summed E-state index contributed by atoms with van der Waals surface area (Å²) in [5, 5.41) is 3.61. The molecule has 17 heteroatoms. The Kier molecular flexibility index (Phi) is 13.3. The Labute approximate surface area is 292 Å². The van der Waals surface area contributed by atoms with E-state index in [4.69, 9.17) is 19.1 Å². The standard InChI is InChI=1S/C32H54N10O5Si2/c1-12-45-28(44)24-19-34-30(35-20-24)42-14-13-41(29-36-21-25(22-37-29)38-39-33)23-26(42)27(43)40(15-17-46-48(8,9)31(2,3)4)16-18-47-49(10,11)32(5,6)7/h19-22,26H,12-18,23H2,1-11H3/t26-/m1/s1. The summed E-state index contributed by atoms with van der Waals surface area (Å²) in [6.07, 6.45) is 5.74. The summed E-state index contributed by atoms with van der Waals surface area (Å²) in [5.41, 5.74) is 9.31. The lowest BCUT2D eigenvalue weighted by Gasteiger charge is -2.43. The third-order valence-corrected chi connectivity index (χ3v) is 18.8. The molecule has 3 heterocycles. The number of ether oxygens (including phenoxy) is 1. The number of anilines is 2. The summed E-state index contributed by atoms with van der Waals surface area (Å²) in [5.74, 6) is 0.0799. The van der Waals surface area contributed by atoms with Gasteiger partial charge in [0, 0.05) is 55.9 Å². The van der Waals surface area contributed by atoms with Gasteiger partial charge in [0.1, 0.15) is 6.04 Å². The second-order valence-electron chi connectivity index (χ2n) is 15.1. The summed E-state index contributed by atoms with van der Waals surface area (Å²) >= 11 is 0. The number of carbonyl (C=O) groups excluding carboxylic acids is 2. The quantitative estimate of drug-likeness (QED) is 0.0744. The van der Waals surface area contributed by atoms with Gasteiger partial charge in [0.2, 0.25) is 17.8 Å². The van der Waals surface area contributed by atoms with Gasteiger partial charge in [-0.15, -0.1) is 0 Å². The van der Waals surface area contributed by atoms with E-state index < -0.39 is 28.6 Å². The number of nitrogens with zero attached hydrogens (tertiary/aromatic N) is 10. The number of piperazine rings is 1. The highest BCUT2D eigenvalue weighted by atomic mass is 28.4. The molecule has 0 saturated carbocycles. The van der Waals surface area contributed by atoms with Gasteiger partial charge >= 0.3 is 5.97 Å². The predicted molar refractivity (Wildman–Crippen MR) is 195 cm³/mol. The van der Waals surface area contributed by atoms with Gasteiger partial charge in [0.25, 0.3) is 0 Å². The van der Waals surface area contributed by atoms with Crippen LogP contribution < -0.4 is 9.80 Å². The minimum Gasteiger partial charge on any atom is -0.462 e. The first kappa shape index (κ1) is 39.8. The average molecular weight is 715 g/mol. The number of rotatable bonds is 14. The summed E-state index contributed by atoms with van der Waals surface area (Å²) in [6, 6.07) is -0.719. The third kappa shape index (κ3) is 10.4. The molecule has 1 fully saturated rings. The van der Waals surface area contributed by atoms with Crippen LogP contribution in [-0.4, -0.2) is 112 Å². The van der Waals surface area contributed by atoms with Crippen LogP contribution in [0.2, 0.25) is 36.3 Å². The van der Waals surface area contributed by atoms with E-state index in [1.807, 2.05) is 14.7 Å². The lowest BCUT2D eigenvalue weighted by atomic mass is 10.1. The van der Waals surface area contributed by atoms with Crippen LogP contribution in [0, 0.1) is 0 Å². The highest BCUT2D eigenvalue weighted by Gasteiger charge is 2.41. The van der Waals surface area contributed by atoms with Gasteiger partial charge in [0.15, 0.2) is 16.6 Å². The molecule has 0 bridgehead atoms. The van der Waals surface area contributed by atoms with Crippen LogP contribution in [0.25, 0.3) is 10.4 Å². The van der Waals surface area contributed by atoms with Gasteiger partial charge in [-0.25, -0.2) is 24.7 Å². The lowest BCUT2D eigenvalue weighted by Crippen LogP contribution is -2.61. The van der Waals surface area contributed by atoms with Gasteiger partial charge in [-0.3, -0.25) is 4.79 Å². The number of hydrogen-bond acceptors (Lipinski definition) is 12. The van der Waals surface area contributed by atoms with E-state index in [1.54, 1.807) is 6.92 Å². The second kappa shape index (κ2) is 16.4. The highest BCUT2D eigenvalue weighted by Crippen LogP contribution is 2.37. The van der Waals surface area contributed by atoms with Crippen molar-refractivity contribution in [2.75, 3.05) is 62.3 Å². The largest absolute Gasteiger partial charge is 0.462 e. The number of aromatic nitrogens is 4. The van der Waals surface area contributed by atoms with Gasteiger partial charge < -0.3 is 28.3 Å². The first-order valence-corrected chi connectivity index (χ1v) is 22.6. The molecule has 270 valence electrons. The van der Waals surface area contributed by atoms with Crippen molar-refractivity contribution in [3.05, 3.63) is 40.8 Å². The minimum absolute atomic E-state index is 0.0229. The minimum atomic E-state index is -2.07. The van der Waals surface area contributed by atoms with E-state index in [2.05, 4.69) is 97.7 Å². The first-order chi connectivity index (χ1) is 22.8. The van der Waals surface area contributed by atoms with Gasteiger partial charge in [-0.2, -0.15) is 0 Å². The van der Waals surface area contributed by atoms with Crippen molar-refractivity contribution >= 4 is 46.1 Å². The number of amides is 1. The zero-order valence-electron chi connectivity index (χ0n) is 31.1. The molecule has 0 aliphatic carbocycles. The molecule has 0 unspecified atom stereocenters. The smallest absolute Gasteiger partial charge is 0.341 e. The van der Waals surface area contributed by atoms with Crippen molar-refractivity contribution in [2.45, 2.75) is 90.8 Å². The van der Waals surface area contributed by atoms with Crippen molar-refractivity contribution in [3.63, 3.8) is 0 Å². The summed E-state index contributed by atoms with van der Waals surface area (Å²) in [4.78, 5) is 53.1. The topological polar surface area (TPSA) is 172 Å². The molecule has 0 aromatic carbocycles. The molecule has 15 nitrogen and oxygen atoms in total. The van der Waals surface area contributed by atoms with Crippen molar-refractivity contribution in [1.82, 2.24) is 24.8 Å². The Morgan fingerprint density at radius 3 is 1.88 bits per heavy atom. The van der Waals surface area contributed by atoms with Crippen LogP contribution in [-0.2, 0) is 18.4 Å². The van der Waals surface area contributed by atoms with E-state index in [9.17, 15) is 9.59 Å². The first-order valence-electron chi connectivity index (χ1n) is 16.8. The zero-order chi connectivity index (χ0) is 36.6. The molecule has 49 heavy (non-hydrogen) atoms. The molecule has 1 atom stereocenters. The van der Waals surface area contributed by atoms with E-state index in [0.29, 0.717) is 57.0 Å². The lowest BCUT2D eigenvalue weighted by molar-refractivity contribution is -0.133. The van der Waals surface area contributed by atoms with Crippen LogP contribution in [0.4, 0.5) is 17.6 Å². The fourth-order valence-corrected chi connectivity index (χ4v) is 6.65. The van der Waals surface area contributed by atoms with Crippen molar-refractivity contribution in [2.24, 2.45) is 5.11 Å². The van der Waals surface area contributed by atoms with Gasteiger partial charge in [-0.1, -0.05) is 46.7 Å². The Morgan fingerprint density at radius 2 is 1.41 bits per heavy atom. The van der Waals surface area contributed by atoms with E-state index >= 15 is 0 Å². The summed E-state index contributed by atoms with van der Waals surface area (Å²) in [6.45, 7) is 26.6. The van der Waals surface area contributed by atoms with Crippen LogP contribution >= 0.6 is 0 Å². The second-order valence-corrected chi connectivity index (χ2v) is 24.7. The fourth-order valence-electron chi connectivity index (χ4n) is 4.58. The Bertz CT molecular complexity index is 1420. The number of carbonyl (C=O) groups is 2. The molecular formula is C32H54N10O5Si2. The van der Waals surface area contributed by atoms with E-state index in [1.165, 1.54) is 24.8 Å². The normalized spacial score (nSPS) is 15.9. The number of esters is 1. The highest BCUT2D eigenvalue weighted by molar-refractivity contribution is 6.74. The number of azide groups is 1. The Morgan fingerprint density at radius 1 is 0.898 bits per heavy atom. The van der Waals surface area contributed by atoms with Crippen LogP contribution in [0.3, 0.4) is 0 Å². The van der Waals surface area contributed by atoms with E-state index in [0.717, 1.165) is 0 Å². The zero-order valence-corrected chi connectivity index (χ0v) is 33.1. The Balaban J connectivity index is 1.95. The molecule has 2 aromatic rings. The molecule has 2 aromatic heterocycles. The average Bonchev–Trinajstić information content (AvgIpc) is 3.03. The molecule has 1 saturated heterocycles. The number of hydrogen-bond donors (Lipinski definition) is 0. The maximum Gasteiger partial charge on any atom is 0.341 e. The molecule has 3 rings (SSSR count). The maximum absolute atomic E-state index is 14.7. The molecule has 1 amide bonds. The van der Waals surface area contributed by atoms with Crippen molar-refractivity contribution < 1.29 is 23.2 Å². The van der Waals surface area contributed by atoms with Crippen LogP contribution in [0.1, 0.15) is 58.8 Å². The maximum atomic E-state index is 14.7. The monoisotopic (exact) mass is 714 g/mol. The fraction of sp³-hybridized carbons (Fsp3) is 0.688. The summed E-state index contributed by atoms with van der Waals surface area (Å²) < 4.78 is 18.1. The summed E-state index contributed by atoms with van der Waals surface area (Å²) in [7, 11) is -4.14. The predicted octanol–water partition coefficient (Wildman–Crippen LogP) is 5.95. The third-order valence-electron chi connectivity index (χ3n) is 9.71. The SMILES string of the molecule is CCOC(=O)c1cnc(N2CCN(c3ncc(N=[N+]=[N-])cn3)C[C@@H]2C(=O)N(CCO[Si](C)(C)C(C)(C)C)CCO[Si](C)(C)C(C)(C)C)nc1. The molecule has 0 spiro atoms. The molecule has 1 aliphatic rings. The van der Waals surface area contributed by atoms with Crippen molar-refractivity contribution in [3.8, 4) is 0 Å². The van der Waals surface area contributed by atoms with Crippen LogP contribution in [0.15, 0.2) is 29.9 Å². The van der Waals surface area contributed by atoms with Gasteiger partial charge in [-0.05, 0) is 48.7 Å². The molecule has 0 radical (unpaired) electrons. The Hall–Kier alpha value is -3.64. The molecule has 0 N–H and O–H groups in total. The van der Waals surface area contributed by atoms with Crippen molar-refractivity contribution in [1.29, 1.82) is 0 Å². The molecular weight excluding hydrogens is 661 g/mol.